The smallest absolute Gasteiger partial charge is 0.255 e. The molecule has 0 spiro atoms. The molecule has 1 heterocycles. The van der Waals surface area contributed by atoms with Gasteiger partial charge in [-0.05, 0) is 53.9 Å². The van der Waals surface area contributed by atoms with Gasteiger partial charge in [0.05, 0.1) is 15.2 Å². The molecule has 0 atom stereocenters. The summed E-state index contributed by atoms with van der Waals surface area (Å²) >= 11 is 1.73. The third-order valence-electron chi connectivity index (χ3n) is 4.53. The van der Waals surface area contributed by atoms with Gasteiger partial charge < -0.3 is 5.32 Å². The van der Waals surface area contributed by atoms with Crippen LogP contribution in [0, 0.1) is 0 Å². The lowest BCUT2D eigenvalue weighted by Crippen LogP contribution is -2.11. The normalized spacial score (nSPS) is 10.9. The maximum Gasteiger partial charge on any atom is 0.255 e. The van der Waals surface area contributed by atoms with Gasteiger partial charge in [0.15, 0.2) is 0 Å². The average molecular weight is 372 g/mol. The second-order valence-corrected chi connectivity index (χ2v) is 7.57. The van der Waals surface area contributed by atoms with Gasteiger partial charge in [0.1, 0.15) is 0 Å². The summed E-state index contributed by atoms with van der Waals surface area (Å²) in [5.41, 5.74) is 4.93. The van der Waals surface area contributed by atoms with E-state index in [1.165, 1.54) is 15.8 Å². The minimum Gasteiger partial charge on any atom is -0.322 e. The van der Waals surface area contributed by atoms with Crippen molar-refractivity contribution in [3.63, 3.8) is 0 Å². The highest BCUT2D eigenvalue weighted by Crippen LogP contribution is 2.24. The number of anilines is 1. The average Bonchev–Trinajstić information content (AvgIpc) is 3.12. The fraction of sp³-hybridized carbons (Fsp3) is 0.130. The molecule has 134 valence electrons. The molecule has 0 aliphatic heterocycles. The van der Waals surface area contributed by atoms with Crippen molar-refractivity contribution in [2.75, 3.05) is 5.32 Å². The van der Waals surface area contributed by atoms with Crippen LogP contribution in [0.2, 0.25) is 0 Å². The Morgan fingerprint density at radius 2 is 1.63 bits per heavy atom. The van der Waals surface area contributed by atoms with Gasteiger partial charge in [-0.1, -0.05) is 43.3 Å². The number of rotatable bonds is 5. The standard InChI is InChI=1S/C23H20N2OS/c1-2-16-7-11-18(12-8-16)23(26)24-19-13-9-17(10-14-19)15-22-25-20-5-3-4-6-21(20)27-22/h3-14H,2,15H2,1H3,(H,24,26). The zero-order valence-corrected chi connectivity index (χ0v) is 15.9. The Kier molecular flexibility index (Phi) is 4.99. The second-order valence-electron chi connectivity index (χ2n) is 6.45. The quantitative estimate of drug-likeness (QED) is 0.488. The van der Waals surface area contributed by atoms with Crippen LogP contribution in [0.4, 0.5) is 5.69 Å². The number of carbonyl (C=O) groups is 1. The van der Waals surface area contributed by atoms with Crippen LogP contribution in [-0.4, -0.2) is 10.9 Å². The number of aromatic nitrogens is 1. The highest BCUT2D eigenvalue weighted by atomic mass is 32.1. The number of hydrogen-bond acceptors (Lipinski definition) is 3. The second kappa shape index (κ2) is 7.72. The van der Waals surface area contributed by atoms with Gasteiger partial charge >= 0.3 is 0 Å². The van der Waals surface area contributed by atoms with Crippen molar-refractivity contribution < 1.29 is 4.79 Å². The summed E-state index contributed by atoms with van der Waals surface area (Å²) in [4.78, 5) is 17.1. The maximum absolute atomic E-state index is 12.4. The van der Waals surface area contributed by atoms with Crippen LogP contribution in [0.3, 0.4) is 0 Å². The van der Waals surface area contributed by atoms with Crippen LogP contribution in [0.5, 0.6) is 0 Å². The number of hydrogen-bond donors (Lipinski definition) is 1. The zero-order valence-electron chi connectivity index (χ0n) is 15.1. The molecular formula is C23H20N2OS. The molecular weight excluding hydrogens is 352 g/mol. The summed E-state index contributed by atoms with van der Waals surface area (Å²) in [5.74, 6) is -0.0865. The van der Waals surface area contributed by atoms with Crippen LogP contribution in [0.25, 0.3) is 10.2 Å². The lowest BCUT2D eigenvalue weighted by atomic mass is 10.1. The van der Waals surface area contributed by atoms with Crippen LogP contribution in [0.15, 0.2) is 72.8 Å². The van der Waals surface area contributed by atoms with Crippen LogP contribution in [-0.2, 0) is 12.8 Å². The van der Waals surface area contributed by atoms with Crippen LogP contribution >= 0.6 is 11.3 Å². The molecule has 3 aromatic carbocycles. The van der Waals surface area contributed by atoms with E-state index in [2.05, 4.69) is 23.3 Å². The highest BCUT2D eigenvalue weighted by molar-refractivity contribution is 7.18. The van der Waals surface area contributed by atoms with Gasteiger partial charge in [0.25, 0.3) is 5.91 Å². The SMILES string of the molecule is CCc1ccc(C(=O)Nc2ccc(Cc3nc4ccccc4s3)cc2)cc1. The molecule has 4 aromatic rings. The van der Waals surface area contributed by atoms with Gasteiger partial charge in [-0.3, -0.25) is 4.79 Å². The molecule has 1 N–H and O–H groups in total. The Hall–Kier alpha value is -2.98. The first-order valence-electron chi connectivity index (χ1n) is 9.05. The third kappa shape index (κ3) is 4.07. The highest BCUT2D eigenvalue weighted by Gasteiger charge is 2.07. The number of para-hydroxylation sites is 1. The number of nitrogens with zero attached hydrogens (tertiary/aromatic N) is 1. The van der Waals surface area contributed by atoms with Gasteiger partial charge in [0.2, 0.25) is 0 Å². The van der Waals surface area contributed by atoms with E-state index in [1.54, 1.807) is 11.3 Å². The van der Waals surface area contributed by atoms with E-state index in [0.29, 0.717) is 5.56 Å². The van der Waals surface area contributed by atoms with Crippen molar-refractivity contribution in [2.45, 2.75) is 19.8 Å². The van der Waals surface area contributed by atoms with E-state index in [1.807, 2.05) is 66.7 Å². The van der Waals surface area contributed by atoms with E-state index in [9.17, 15) is 4.79 Å². The summed E-state index contributed by atoms with van der Waals surface area (Å²) in [6, 6.07) is 23.9. The van der Waals surface area contributed by atoms with Gasteiger partial charge in [0, 0.05) is 17.7 Å². The molecule has 0 saturated carbocycles. The molecule has 27 heavy (non-hydrogen) atoms. The topological polar surface area (TPSA) is 42.0 Å². The monoisotopic (exact) mass is 372 g/mol. The Morgan fingerprint density at radius 1 is 0.926 bits per heavy atom. The van der Waals surface area contributed by atoms with Crippen LogP contribution in [0.1, 0.15) is 33.4 Å². The molecule has 1 amide bonds. The van der Waals surface area contributed by atoms with E-state index in [0.717, 1.165) is 29.1 Å². The molecule has 0 radical (unpaired) electrons. The minimum absolute atomic E-state index is 0.0865. The Morgan fingerprint density at radius 3 is 2.33 bits per heavy atom. The summed E-state index contributed by atoms with van der Waals surface area (Å²) in [5, 5.41) is 4.06. The van der Waals surface area contributed by atoms with Crippen molar-refractivity contribution >= 4 is 33.1 Å². The molecule has 4 rings (SSSR count). The van der Waals surface area contributed by atoms with E-state index in [-0.39, 0.29) is 5.91 Å². The Bertz CT molecular complexity index is 1030. The molecule has 0 saturated heterocycles. The first-order chi connectivity index (χ1) is 13.2. The Balaban J connectivity index is 1.42. The fourth-order valence-corrected chi connectivity index (χ4v) is 3.97. The Labute approximate surface area is 162 Å². The van der Waals surface area contributed by atoms with Crippen molar-refractivity contribution in [1.82, 2.24) is 4.98 Å². The molecule has 1 aromatic heterocycles. The van der Waals surface area contributed by atoms with Crippen molar-refractivity contribution in [3.8, 4) is 0 Å². The lowest BCUT2D eigenvalue weighted by molar-refractivity contribution is 0.102. The maximum atomic E-state index is 12.4. The molecule has 0 aliphatic carbocycles. The molecule has 0 fully saturated rings. The number of benzene rings is 3. The summed E-state index contributed by atoms with van der Waals surface area (Å²) in [6.07, 6.45) is 1.77. The van der Waals surface area contributed by atoms with Gasteiger partial charge in [-0.25, -0.2) is 4.98 Å². The number of carbonyl (C=O) groups excluding carboxylic acids is 1. The summed E-state index contributed by atoms with van der Waals surface area (Å²) in [6.45, 7) is 2.10. The van der Waals surface area contributed by atoms with E-state index in [4.69, 9.17) is 0 Å². The van der Waals surface area contributed by atoms with Crippen LogP contribution < -0.4 is 5.32 Å². The first-order valence-corrected chi connectivity index (χ1v) is 9.86. The fourth-order valence-electron chi connectivity index (χ4n) is 2.97. The minimum atomic E-state index is -0.0865. The zero-order chi connectivity index (χ0) is 18.6. The number of thiazole rings is 1. The van der Waals surface area contributed by atoms with Gasteiger partial charge in [-0.15, -0.1) is 11.3 Å². The molecule has 0 bridgehead atoms. The molecule has 3 nitrogen and oxygen atoms in total. The first kappa shape index (κ1) is 17.4. The molecule has 4 heteroatoms. The number of nitrogens with one attached hydrogen (secondary N) is 1. The predicted molar refractivity (Wildman–Crippen MR) is 113 cm³/mol. The number of fused-ring (bicyclic) bond motifs is 1. The number of aryl methyl sites for hydroxylation is 1. The summed E-state index contributed by atoms with van der Waals surface area (Å²) < 4.78 is 1.21. The molecule has 0 unspecified atom stereocenters. The molecule has 0 aliphatic rings. The van der Waals surface area contributed by atoms with Crippen molar-refractivity contribution in [3.05, 3.63) is 94.5 Å². The lowest BCUT2D eigenvalue weighted by Gasteiger charge is -2.07. The van der Waals surface area contributed by atoms with Gasteiger partial charge in [-0.2, -0.15) is 0 Å². The van der Waals surface area contributed by atoms with Crippen molar-refractivity contribution in [2.24, 2.45) is 0 Å². The van der Waals surface area contributed by atoms with E-state index < -0.39 is 0 Å². The van der Waals surface area contributed by atoms with E-state index >= 15 is 0 Å². The number of amides is 1. The van der Waals surface area contributed by atoms with Crippen molar-refractivity contribution in [1.29, 1.82) is 0 Å². The summed E-state index contributed by atoms with van der Waals surface area (Å²) in [7, 11) is 0. The largest absolute Gasteiger partial charge is 0.322 e. The predicted octanol–water partition coefficient (Wildman–Crippen LogP) is 5.70. The third-order valence-corrected chi connectivity index (χ3v) is 5.57.